The van der Waals surface area contributed by atoms with Gasteiger partial charge in [0.1, 0.15) is 0 Å². The van der Waals surface area contributed by atoms with E-state index in [2.05, 4.69) is 4.98 Å². The largest absolute Gasteiger partial charge is 0.334 e. The second-order valence-corrected chi connectivity index (χ2v) is 6.76. The lowest BCUT2D eigenvalue weighted by Crippen LogP contribution is -2.31. The number of hydrogen-bond donors (Lipinski definition) is 1. The van der Waals surface area contributed by atoms with E-state index in [1.165, 1.54) is 0 Å². The summed E-state index contributed by atoms with van der Waals surface area (Å²) in [6, 6.07) is 19.9. The second-order valence-electron chi connectivity index (χ2n) is 6.76. The molecular weight excluding hydrogens is 338 g/mol. The number of amides is 1. The fourth-order valence-corrected chi connectivity index (χ4v) is 3.15. The maximum atomic E-state index is 13.0. The van der Waals surface area contributed by atoms with Gasteiger partial charge < -0.3 is 9.88 Å². The average Bonchev–Trinajstić information content (AvgIpc) is 2.92. The fourth-order valence-electron chi connectivity index (χ4n) is 3.15. The molecule has 3 aromatic rings. The van der Waals surface area contributed by atoms with Crippen molar-refractivity contribution in [1.29, 1.82) is 0 Å². The zero-order valence-electron chi connectivity index (χ0n) is 15.8. The molecule has 0 spiro atoms. The zero-order chi connectivity index (χ0) is 19.2. The number of benzene rings is 2. The highest BCUT2D eigenvalue weighted by Crippen LogP contribution is 2.12. The van der Waals surface area contributed by atoms with Crippen molar-refractivity contribution in [3.8, 4) is 0 Å². The topological polar surface area (TPSA) is 58.1 Å². The number of aromatic nitrogens is 2. The summed E-state index contributed by atoms with van der Waals surface area (Å²) < 4.78 is 1.64. The highest BCUT2D eigenvalue weighted by molar-refractivity contribution is 5.76. The monoisotopic (exact) mass is 363 g/mol. The number of rotatable bonds is 7. The summed E-state index contributed by atoms with van der Waals surface area (Å²) in [6.45, 7) is 5.24. The molecule has 1 heterocycles. The van der Waals surface area contributed by atoms with Crippen LogP contribution in [0.2, 0.25) is 0 Å². The number of hydrogen-bond acceptors (Lipinski definition) is 2. The van der Waals surface area contributed by atoms with Crippen molar-refractivity contribution in [2.45, 2.75) is 39.9 Å². The third-order valence-corrected chi connectivity index (χ3v) is 4.82. The molecule has 1 N–H and O–H groups in total. The molecule has 0 fully saturated rings. The van der Waals surface area contributed by atoms with Crippen LogP contribution in [0.15, 0.2) is 65.5 Å². The molecule has 0 saturated heterocycles. The Kier molecular flexibility index (Phi) is 5.91. The summed E-state index contributed by atoms with van der Waals surface area (Å²) >= 11 is 0. The van der Waals surface area contributed by atoms with Gasteiger partial charge in [0.25, 0.3) is 0 Å². The molecule has 3 rings (SSSR count). The highest BCUT2D eigenvalue weighted by Gasteiger charge is 2.16. The van der Waals surface area contributed by atoms with Gasteiger partial charge in [-0.1, -0.05) is 60.7 Å². The quantitative estimate of drug-likeness (QED) is 0.699. The van der Waals surface area contributed by atoms with Crippen LogP contribution in [0.4, 0.5) is 0 Å². The molecule has 5 heteroatoms. The van der Waals surface area contributed by atoms with Crippen molar-refractivity contribution in [2.24, 2.45) is 0 Å². The van der Waals surface area contributed by atoms with E-state index >= 15 is 0 Å². The van der Waals surface area contributed by atoms with Gasteiger partial charge in [-0.15, -0.1) is 0 Å². The number of carbonyl (C=O) groups is 1. The van der Waals surface area contributed by atoms with Gasteiger partial charge in [-0.2, -0.15) is 0 Å². The van der Waals surface area contributed by atoms with Crippen LogP contribution >= 0.6 is 0 Å². The third kappa shape index (κ3) is 4.76. The molecule has 140 valence electrons. The minimum atomic E-state index is -0.157. The first-order chi connectivity index (χ1) is 13.0. The molecule has 0 unspecified atom stereocenters. The number of nitrogens with zero attached hydrogens (tertiary/aromatic N) is 2. The first kappa shape index (κ1) is 18.7. The van der Waals surface area contributed by atoms with Crippen molar-refractivity contribution < 1.29 is 4.79 Å². The van der Waals surface area contributed by atoms with Crippen LogP contribution in [0.1, 0.15) is 28.9 Å². The van der Waals surface area contributed by atoms with Crippen LogP contribution in [0.25, 0.3) is 0 Å². The van der Waals surface area contributed by atoms with Gasteiger partial charge in [0.2, 0.25) is 5.91 Å². The molecule has 0 aliphatic carbocycles. The SMILES string of the molecule is Cc1[nH]c(=O)n(CCC(=O)N(Cc2ccccc2)Cc2ccccc2)c1C. The predicted octanol–water partition coefficient (Wildman–Crippen LogP) is 3.41. The minimum absolute atomic E-state index is 0.0351. The third-order valence-electron chi connectivity index (χ3n) is 4.82. The molecule has 0 bridgehead atoms. The summed E-state index contributed by atoms with van der Waals surface area (Å²) in [5, 5.41) is 0. The second kappa shape index (κ2) is 8.54. The van der Waals surface area contributed by atoms with Gasteiger partial charge in [0, 0.05) is 37.4 Å². The Bertz CT molecular complexity index is 901. The van der Waals surface area contributed by atoms with Crippen LogP contribution < -0.4 is 5.69 Å². The summed E-state index contributed by atoms with van der Waals surface area (Å²) in [5.74, 6) is 0.0351. The number of imidazole rings is 1. The molecule has 5 nitrogen and oxygen atoms in total. The molecule has 0 aliphatic rings. The van der Waals surface area contributed by atoms with Crippen molar-refractivity contribution in [1.82, 2.24) is 14.5 Å². The Labute approximate surface area is 159 Å². The standard InChI is InChI=1S/C22H25N3O2/c1-17-18(2)25(22(27)23-17)14-13-21(26)24(15-19-9-5-3-6-10-19)16-20-11-7-4-8-12-20/h3-12H,13-16H2,1-2H3,(H,23,27). The van der Waals surface area contributed by atoms with Gasteiger partial charge in [-0.3, -0.25) is 9.36 Å². The first-order valence-electron chi connectivity index (χ1n) is 9.16. The number of aryl methyl sites for hydroxylation is 1. The van der Waals surface area contributed by atoms with Gasteiger partial charge in [-0.05, 0) is 25.0 Å². The minimum Gasteiger partial charge on any atom is -0.334 e. The van der Waals surface area contributed by atoms with Gasteiger partial charge in [-0.25, -0.2) is 4.79 Å². The summed E-state index contributed by atoms with van der Waals surface area (Å²) in [4.78, 5) is 29.6. The van der Waals surface area contributed by atoms with Crippen molar-refractivity contribution >= 4 is 5.91 Å². The lowest BCUT2D eigenvalue weighted by Gasteiger charge is -2.23. The normalized spacial score (nSPS) is 10.7. The van der Waals surface area contributed by atoms with E-state index < -0.39 is 0 Å². The van der Waals surface area contributed by atoms with Gasteiger partial charge in [0.05, 0.1) is 0 Å². The maximum absolute atomic E-state index is 13.0. The predicted molar refractivity (Wildman–Crippen MR) is 106 cm³/mol. The summed E-state index contributed by atoms with van der Waals surface area (Å²) in [5.41, 5.74) is 3.75. The van der Waals surface area contributed by atoms with E-state index in [0.29, 0.717) is 19.6 Å². The highest BCUT2D eigenvalue weighted by atomic mass is 16.2. The van der Waals surface area contributed by atoms with Crippen molar-refractivity contribution in [2.75, 3.05) is 0 Å². The maximum Gasteiger partial charge on any atom is 0.325 e. The van der Waals surface area contributed by atoms with Crippen molar-refractivity contribution in [3.63, 3.8) is 0 Å². The smallest absolute Gasteiger partial charge is 0.325 e. The number of aromatic amines is 1. The first-order valence-corrected chi connectivity index (χ1v) is 9.16. The van der Waals surface area contributed by atoms with Crippen LogP contribution in [-0.4, -0.2) is 20.4 Å². The van der Waals surface area contributed by atoms with E-state index in [1.807, 2.05) is 79.4 Å². The molecule has 0 aliphatic heterocycles. The van der Waals surface area contributed by atoms with E-state index in [9.17, 15) is 9.59 Å². The Balaban J connectivity index is 1.74. The Morgan fingerprint density at radius 3 is 1.89 bits per heavy atom. The fraction of sp³-hybridized carbons (Fsp3) is 0.273. The average molecular weight is 363 g/mol. The Morgan fingerprint density at radius 2 is 1.44 bits per heavy atom. The van der Waals surface area contributed by atoms with Crippen LogP contribution in [0.5, 0.6) is 0 Å². The number of nitrogens with one attached hydrogen (secondary N) is 1. The molecule has 27 heavy (non-hydrogen) atoms. The lowest BCUT2D eigenvalue weighted by atomic mass is 10.1. The molecule has 2 aromatic carbocycles. The number of H-pyrrole nitrogens is 1. The molecule has 0 saturated carbocycles. The molecular formula is C22H25N3O2. The van der Waals surface area contributed by atoms with Gasteiger partial charge in [0.15, 0.2) is 0 Å². The molecule has 0 radical (unpaired) electrons. The Morgan fingerprint density at radius 1 is 0.926 bits per heavy atom. The van der Waals surface area contributed by atoms with Gasteiger partial charge >= 0.3 is 5.69 Å². The summed E-state index contributed by atoms with van der Waals surface area (Å²) in [7, 11) is 0. The van der Waals surface area contributed by atoms with Crippen LogP contribution in [0.3, 0.4) is 0 Å². The lowest BCUT2D eigenvalue weighted by molar-refractivity contribution is -0.132. The Hall–Kier alpha value is -3.08. The van der Waals surface area contributed by atoms with Crippen LogP contribution in [-0.2, 0) is 24.4 Å². The van der Waals surface area contributed by atoms with Crippen molar-refractivity contribution in [3.05, 3.63) is 93.7 Å². The van der Waals surface area contributed by atoms with E-state index in [0.717, 1.165) is 22.5 Å². The molecule has 1 amide bonds. The number of carbonyl (C=O) groups excluding carboxylic acids is 1. The van der Waals surface area contributed by atoms with E-state index in [1.54, 1.807) is 4.57 Å². The summed E-state index contributed by atoms with van der Waals surface area (Å²) in [6.07, 6.45) is 0.289. The van der Waals surface area contributed by atoms with Crippen LogP contribution in [0, 0.1) is 13.8 Å². The molecule has 1 aromatic heterocycles. The zero-order valence-corrected chi connectivity index (χ0v) is 15.8. The molecule has 0 atom stereocenters. The van der Waals surface area contributed by atoms with E-state index in [4.69, 9.17) is 0 Å². The van der Waals surface area contributed by atoms with E-state index in [-0.39, 0.29) is 18.0 Å².